The SMILES string of the molecule is COc1ccc(OC)c(-c2csc(NC(=O)c3cc4ccc(OC)cc4[nH]3)n2)c1. The summed E-state index contributed by atoms with van der Waals surface area (Å²) >= 11 is 1.34. The van der Waals surface area contributed by atoms with Crippen molar-refractivity contribution in [2.75, 3.05) is 26.6 Å². The van der Waals surface area contributed by atoms with Crippen molar-refractivity contribution < 1.29 is 19.0 Å². The maximum Gasteiger partial charge on any atom is 0.273 e. The molecule has 8 heteroatoms. The number of aromatic nitrogens is 2. The number of nitrogens with one attached hydrogen (secondary N) is 2. The number of thiazole rings is 1. The van der Waals surface area contributed by atoms with E-state index in [9.17, 15) is 4.79 Å². The fraction of sp³-hybridized carbons (Fsp3) is 0.143. The summed E-state index contributed by atoms with van der Waals surface area (Å²) in [6, 6.07) is 12.9. The monoisotopic (exact) mass is 409 g/mol. The molecule has 29 heavy (non-hydrogen) atoms. The van der Waals surface area contributed by atoms with Crippen LogP contribution in [0.4, 0.5) is 5.13 Å². The van der Waals surface area contributed by atoms with Crippen molar-refractivity contribution in [2.24, 2.45) is 0 Å². The number of nitrogens with zero attached hydrogens (tertiary/aromatic N) is 1. The summed E-state index contributed by atoms with van der Waals surface area (Å²) in [6.07, 6.45) is 0. The van der Waals surface area contributed by atoms with E-state index >= 15 is 0 Å². The van der Waals surface area contributed by atoms with Crippen LogP contribution in [0.2, 0.25) is 0 Å². The molecule has 2 aromatic heterocycles. The molecule has 0 saturated heterocycles. The Labute approximate surface area is 171 Å². The first-order valence-electron chi connectivity index (χ1n) is 8.77. The molecule has 2 heterocycles. The maximum absolute atomic E-state index is 12.7. The summed E-state index contributed by atoms with van der Waals surface area (Å²) < 4.78 is 15.9. The molecule has 0 fully saturated rings. The summed E-state index contributed by atoms with van der Waals surface area (Å²) in [6.45, 7) is 0. The Morgan fingerprint density at radius 3 is 2.52 bits per heavy atom. The van der Waals surface area contributed by atoms with Crippen molar-refractivity contribution in [3.8, 4) is 28.5 Å². The number of ether oxygens (including phenoxy) is 3. The van der Waals surface area contributed by atoms with Gasteiger partial charge in [0.15, 0.2) is 5.13 Å². The molecule has 0 aliphatic rings. The molecule has 0 aliphatic carbocycles. The van der Waals surface area contributed by atoms with Crippen LogP contribution in [0, 0.1) is 0 Å². The molecule has 7 nitrogen and oxygen atoms in total. The lowest BCUT2D eigenvalue weighted by molar-refractivity contribution is 0.102. The first kappa shape index (κ1) is 18.8. The first-order valence-corrected chi connectivity index (χ1v) is 9.65. The lowest BCUT2D eigenvalue weighted by Crippen LogP contribution is -2.11. The van der Waals surface area contributed by atoms with E-state index in [1.807, 2.05) is 41.8 Å². The van der Waals surface area contributed by atoms with E-state index in [1.54, 1.807) is 27.4 Å². The second kappa shape index (κ2) is 7.84. The van der Waals surface area contributed by atoms with E-state index in [0.717, 1.165) is 22.2 Å². The van der Waals surface area contributed by atoms with Gasteiger partial charge in [0.25, 0.3) is 5.91 Å². The Morgan fingerprint density at radius 1 is 1.00 bits per heavy atom. The van der Waals surface area contributed by atoms with Crippen LogP contribution in [0.3, 0.4) is 0 Å². The Bertz CT molecular complexity index is 1180. The zero-order valence-electron chi connectivity index (χ0n) is 16.1. The molecule has 4 aromatic rings. The molecule has 0 atom stereocenters. The minimum Gasteiger partial charge on any atom is -0.497 e. The van der Waals surface area contributed by atoms with Gasteiger partial charge in [-0.25, -0.2) is 4.98 Å². The summed E-state index contributed by atoms with van der Waals surface area (Å²) in [7, 11) is 4.81. The van der Waals surface area contributed by atoms with Gasteiger partial charge < -0.3 is 19.2 Å². The molecule has 148 valence electrons. The Balaban J connectivity index is 1.57. The normalized spacial score (nSPS) is 10.7. The molecule has 0 radical (unpaired) electrons. The van der Waals surface area contributed by atoms with Gasteiger partial charge in [0, 0.05) is 27.9 Å². The quantitative estimate of drug-likeness (QED) is 0.487. The van der Waals surface area contributed by atoms with Crippen LogP contribution in [0.1, 0.15) is 10.5 Å². The second-order valence-electron chi connectivity index (χ2n) is 6.19. The van der Waals surface area contributed by atoms with Crippen LogP contribution in [-0.2, 0) is 0 Å². The number of carbonyl (C=O) groups is 1. The molecule has 2 aromatic carbocycles. The minimum absolute atomic E-state index is 0.265. The number of methoxy groups -OCH3 is 3. The Kier molecular flexibility index (Phi) is 5.09. The third-order valence-electron chi connectivity index (χ3n) is 4.48. The highest BCUT2D eigenvalue weighted by molar-refractivity contribution is 7.14. The average molecular weight is 409 g/mol. The predicted molar refractivity (Wildman–Crippen MR) is 113 cm³/mol. The lowest BCUT2D eigenvalue weighted by atomic mass is 10.1. The molecule has 0 unspecified atom stereocenters. The zero-order valence-corrected chi connectivity index (χ0v) is 16.9. The van der Waals surface area contributed by atoms with E-state index in [-0.39, 0.29) is 5.91 Å². The van der Waals surface area contributed by atoms with Gasteiger partial charge in [-0.2, -0.15) is 0 Å². The molecule has 4 rings (SSSR count). The van der Waals surface area contributed by atoms with E-state index in [1.165, 1.54) is 11.3 Å². The van der Waals surface area contributed by atoms with Crippen molar-refractivity contribution in [1.82, 2.24) is 9.97 Å². The van der Waals surface area contributed by atoms with Crippen molar-refractivity contribution in [1.29, 1.82) is 0 Å². The van der Waals surface area contributed by atoms with E-state index < -0.39 is 0 Å². The maximum atomic E-state index is 12.7. The number of rotatable bonds is 6. The number of benzene rings is 2. The predicted octanol–water partition coefficient (Wildman–Crippen LogP) is 4.57. The summed E-state index contributed by atoms with van der Waals surface area (Å²) in [5, 5.41) is 6.12. The number of amides is 1. The van der Waals surface area contributed by atoms with Crippen LogP contribution in [0.5, 0.6) is 17.2 Å². The Morgan fingerprint density at radius 2 is 1.76 bits per heavy atom. The van der Waals surface area contributed by atoms with Gasteiger partial charge in [-0.15, -0.1) is 11.3 Å². The summed E-state index contributed by atoms with van der Waals surface area (Å²) in [5.41, 5.74) is 2.77. The first-order chi connectivity index (χ1) is 14.1. The van der Waals surface area contributed by atoms with Gasteiger partial charge in [-0.1, -0.05) is 0 Å². The van der Waals surface area contributed by atoms with Gasteiger partial charge >= 0.3 is 0 Å². The van der Waals surface area contributed by atoms with Crippen LogP contribution in [0.15, 0.2) is 47.8 Å². The topological polar surface area (TPSA) is 85.5 Å². The molecular weight excluding hydrogens is 390 g/mol. The van der Waals surface area contributed by atoms with Crippen LogP contribution in [0.25, 0.3) is 22.2 Å². The van der Waals surface area contributed by atoms with E-state index in [2.05, 4.69) is 15.3 Å². The number of H-pyrrole nitrogens is 1. The molecule has 0 aliphatic heterocycles. The number of aromatic amines is 1. The van der Waals surface area contributed by atoms with Crippen LogP contribution >= 0.6 is 11.3 Å². The number of fused-ring (bicyclic) bond motifs is 1. The molecule has 1 amide bonds. The average Bonchev–Trinajstić information content (AvgIpc) is 3.39. The van der Waals surface area contributed by atoms with Gasteiger partial charge in [-0.3, -0.25) is 10.1 Å². The largest absolute Gasteiger partial charge is 0.497 e. The standard InChI is InChI=1S/C21H19N3O4S/c1-26-13-6-7-19(28-3)15(9-13)18-11-29-21(23-18)24-20(25)17-8-12-4-5-14(27-2)10-16(12)22-17/h4-11,22H,1-3H3,(H,23,24,25). The smallest absolute Gasteiger partial charge is 0.273 e. The second-order valence-corrected chi connectivity index (χ2v) is 7.05. The molecule has 0 spiro atoms. The number of hydrogen-bond acceptors (Lipinski definition) is 6. The van der Waals surface area contributed by atoms with Gasteiger partial charge in [0.05, 0.1) is 27.0 Å². The third-order valence-corrected chi connectivity index (χ3v) is 5.24. The van der Waals surface area contributed by atoms with Gasteiger partial charge in [0.2, 0.25) is 0 Å². The minimum atomic E-state index is -0.265. The van der Waals surface area contributed by atoms with Crippen LogP contribution in [-0.4, -0.2) is 37.2 Å². The number of hydrogen-bond donors (Lipinski definition) is 2. The zero-order chi connectivity index (χ0) is 20.4. The fourth-order valence-electron chi connectivity index (χ4n) is 2.99. The van der Waals surface area contributed by atoms with Crippen molar-refractivity contribution in [3.05, 3.63) is 53.5 Å². The molecule has 0 bridgehead atoms. The third kappa shape index (κ3) is 3.74. The van der Waals surface area contributed by atoms with Crippen molar-refractivity contribution >= 4 is 33.3 Å². The van der Waals surface area contributed by atoms with E-state index in [4.69, 9.17) is 14.2 Å². The highest BCUT2D eigenvalue weighted by Crippen LogP contribution is 2.35. The van der Waals surface area contributed by atoms with Crippen molar-refractivity contribution in [3.63, 3.8) is 0 Å². The highest BCUT2D eigenvalue weighted by Gasteiger charge is 2.15. The molecule has 0 saturated carbocycles. The van der Waals surface area contributed by atoms with E-state index in [0.29, 0.717) is 28.0 Å². The molecule has 2 N–H and O–H groups in total. The van der Waals surface area contributed by atoms with Crippen molar-refractivity contribution in [2.45, 2.75) is 0 Å². The lowest BCUT2D eigenvalue weighted by Gasteiger charge is -2.08. The number of carbonyl (C=O) groups excluding carboxylic acids is 1. The summed E-state index contributed by atoms with van der Waals surface area (Å²) in [4.78, 5) is 20.3. The van der Waals surface area contributed by atoms with Gasteiger partial charge in [-0.05, 0) is 36.4 Å². The summed E-state index contributed by atoms with van der Waals surface area (Å²) in [5.74, 6) is 1.84. The van der Waals surface area contributed by atoms with Crippen LogP contribution < -0.4 is 19.5 Å². The number of anilines is 1. The Hall–Kier alpha value is -3.52. The highest BCUT2D eigenvalue weighted by atomic mass is 32.1. The molecular formula is C21H19N3O4S. The van der Waals surface area contributed by atoms with Gasteiger partial charge in [0.1, 0.15) is 22.9 Å². The fourth-order valence-corrected chi connectivity index (χ4v) is 3.69.